The van der Waals surface area contributed by atoms with E-state index < -0.39 is 11.7 Å². The van der Waals surface area contributed by atoms with Crippen molar-refractivity contribution in [1.82, 2.24) is 15.5 Å². The molecule has 0 spiro atoms. The van der Waals surface area contributed by atoms with Crippen molar-refractivity contribution in [2.75, 3.05) is 31.5 Å². The normalized spacial score (nSPS) is 13.3. The highest BCUT2D eigenvalue weighted by molar-refractivity contribution is 8.04. The van der Waals surface area contributed by atoms with Gasteiger partial charge in [-0.3, -0.25) is 24.8 Å². The largest absolute Gasteiger partial charge is 0.370 e. The van der Waals surface area contributed by atoms with Crippen molar-refractivity contribution in [3.63, 3.8) is 0 Å². The molecular formula is C18H18N4O4S. The Morgan fingerprint density at radius 1 is 1.26 bits per heavy atom. The second-order valence-corrected chi connectivity index (χ2v) is 6.76. The number of benzene rings is 1. The lowest BCUT2D eigenvalue weighted by Crippen LogP contribution is -2.22. The number of anilines is 1. The van der Waals surface area contributed by atoms with Crippen LogP contribution in [0.25, 0.3) is 0 Å². The van der Waals surface area contributed by atoms with Crippen LogP contribution < -0.4 is 10.6 Å². The van der Waals surface area contributed by atoms with Gasteiger partial charge in [0.2, 0.25) is 11.6 Å². The van der Waals surface area contributed by atoms with Crippen LogP contribution in [0.5, 0.6) is 0 Å². The molecule has 0 aliphatic heterocycles. The summed E-state index contributed by atoms with van der Waals surface area (Å²) in [6.07, 6.45) is 1.27. The number of rotatable bonds is 8. The van der Waals surface area contributed by atoms with Gasteiger partial charge in [0, 0.05) is 31.2 Å². The van der Waals surface area contributed by atoms with Crippen molar-refractivity contribution in [2.45, 2.75) is 0 Å². The van der Waals surface area contributed by atoms with Crippen LogP contribution in [-0.2, 0) is 4.74 Å². The van der Waals surface area contributed by atoms with E-state index >= 15 is 0 Å². The molecule has 1 aliphatic carbocycles. The van der Waals surface area contributed by atoms with E-state index in [1.807, 2.05) is 6.07 Å². The predicted octanol–water partition coefficient (Wildman–Crippen LogP) is 1.85. The molecule has 0 fully saturated rings. The van der Waals surface area contributed by atoms with Crippen LogP contribution in [0, 0.1) is 0 Å². The van der Waals surface area contributed by atoms with E-state index in [2.05, 4.69) is 20.8 Å². The summed E-state index contributed by atoms with van der Waals surface area (Å²) in [5.41, 5.74) is 0.550. The fraction of sp³-hybridized carbons (Fsp3) is 0.222. The standard InChI is InChI=1S/C18H18N4O4S/c1-26-10-19-7-8-27-13-9-12(23)15-14(17(13)24)16(22-21-15)18(25)20-11-5-3-2-4-6-11/h2-6,9,19H,7-8,10H2,1H3,(H,20,25)(H,21,22). The molecule has 0 radical (unpaired) electrons. The molecular weight excluding hydrogens is 368 g/mol. The molecule has 0 unspecified atom stereocenters. The molecule has 140 valence electrons. The number of carbonyl (C=O) groups excluding carboxylic acids is 3. The molecule has 1 heterocycles. The Kier molecular flexibility index (Phi) is 6.17. The maximum absolute atomic E-state index is 12.8. The molecule has 3 rings (SSSR count). The number of allylic oxidation sites excluding steroid dienone is 2. The highest BCUT2D eigenvalue weighted by Crippen LogP contribution is 2.29. The van der Waals surface area contributed by atoms with Crippen molar-refractivity contribution in [3.05, 3.63) is 58.3 Å². The molecule has 27 heavy (non-hydrogen) atoms. The average molecular weight is 386 g/mol. The van der Waals surface area contributed by atoms with E-state index in [9.17, 15) is 14.4 Å². The Morgan fingerprint density at radius 3 is 2.78 bits per heavy atom. The number of hydrogen-bond donors (Lipinski definition) is 3. The first-order chi connectivity index (χ1) is 13.1. The van der Waals surface area contributed by atoms with Gasteiger partial charge in [0.1, 0.15) is 11.4 Å². The zero-order valence-electron chi connectivity index (χ0n) is 14.6. The van der Waals surface area contributed by atoms with Crippen LogP contribution in [-0.4, -0.2) is 53.8 Å². The second-order valence-electron chi connectivity index (χ2n) is 5.63. The monoisotopic (exact) mass is 386 g/mol. The van der Waals surface area contributed by atoms with Gasteiger partial charge < -0.3 is 10.1 Å². The summed E-state index contributed by atoms with van der Waals surface area (Å²) in [4.78, 5) is 37.9. The molecule has 2 aromatic rings. The molecule has 0 atom stereocenters. The van der Waals surface area contributed by atoms with Gasteiger partial charge in [-0.15, -0.1) is 11.8 Å². The summed E-state index contributed by atoms with van der Waals surface area (Å²) in [5, 5.41) is 12.1. The first-order valence-electron chi connectivity index (χ1n) is 8.19. The zero-order chi connectivity index (χ0) is 19.2. The minimum Gasteiger partial charge on any atom is -0.370 e. The topological polar surface area (TPSA) is 113 Å². The van der Waals surface area contributed by atoms with E-state index in [0.717, 1.165) is 0 Å². The maximum atomic E-state index is 12.8. The van der Waals surface area contributed by atoms with Crippen LogP contribution in [0.3, 0.4) is 0 Å². The second kappa shape index (κ2) is 8.76. The van der Waals surface area contributed by atoms with Gasteiger partial charge in [0.15, 0.2) is 0 Å². The first kappa shape index (κ1) is 19.0. The number of ether oxygens (including phenoxy) is 1. The fourth-order valence-corrected chi connectivity index (χ4v) is 3.40. The van der Waals surface area contributed by atoms with Crippen LogP contribution in [0.2, 0.25) is 0 Å². The number of H-pyrrole nitrogens is 1. The number of fused-ring (bicyclic) bond motifs is 1. The van der Waals surface area contributed by atoms with Crippen molar-refractivity contribution >= 4 is 34.9 Å². The Bertz CT molecular complexity index is 892. The lowest BCUT2D eigenvalue weighted by atomic mass is 9.99. The first-order valence-corrected chi connectivity index (χ1v) is 9.18. The van der Waals surface area contributed by atoms with Crippen molar-refractivity contribution in [2.24, 2.45) is 0 Å². The Morgan fingerprint density at radius 2 is 2.04 bits per heavy atom. The Labute approximate surface area is 159 Å². The lowest BCUT2D eigenvalue weighted by Gasteiger charge is -2.12. The smallest absolute Gasteiger partial charge is 0.274 e. The number of hydrogen-bond acceptors (Lipinski definition) is 7. The number of thioether (sulfide) groups is 1. The number of amides is 1. The fourth-order valence-electron chi connectivity index (χ4n) is 2.51. The van der Waals surface area contributed by atoms with E-state index in [0.29, 0.717) is 29.6 Å². The van der Waals surface area contributed by atoms with Gasteiger partial charge in [0.25, 0.3) is 5.91 Å². The van der Waals surface area contributed by atoms with Gasteiger partial charge in [-0.1, -0.05) is 18.2 Å². The molecule has 8 nitrogen and oxygen atoms in total. The van der Waals surface area contributed by atoms with E-state index in [4.69, 9.17) is 4.74 Å². The molecule has 0 saturated heterocycles. The van der Waals surface area contributed by atoms with E-state index in [-0.39, 0.29) is 22.7 Å². The third-order valence-electron chi connectivity index (χ3n) is 3.75. The molecule has 0 saturated carbocycles. The Hall–Kier alpha value is -2.75. The van der Waals surface area contributed by atoms with Crippen molar-refractivity contribution < 1.29 is 19.1 Å². The minimum absolute atomic E-state index is 0.0169. The van der Waals surface area contributed by atoms with Crippen LogP contribution in [0.1, 0.15) is 31.3 Å². The molecule has 1 aromatic carbocycles. The summed E-state index contributed by atoms with van der Waals surface area (Å²) in [6.45, 7) is 1.01. The van der Waals surface area contributed by atoms with Crippen LogP contribution >= 0.6 is 11.8 Å². The molecule has 9 heteroatoms. The molecule has 0 bridgehead atoms. The minimum atomic E-state index is -0.524. The van der Waals surface area contributed by atoms with E-state index in [1.54, 1.807) is 31.4 Å². The third kappa shape index (κ3) is 4.33. The number of para-hydroxylation sites is 1. The zero-order valence-corrected chi connectivity index (χ0v) is 15.4. The summed E-state index contributed by atoms with van der Waals surface area (Å²) in [6, 6.07) is 8.83. The number of nitrogens with one attached hydrogen (secondary N) is 3. The lowest BCUT2D eigenvalue weighted by molar-refractivity contribution is 0.0979. The number of aromatic amines is 1. The number of methoxy groups -OCH3 is 1. The molecule has 1 aliphatic rings. The number of carbonyl (C=O) groups is 3. The number of aromatic nitrogens is 2. The molecule has 1 amide bonds. The maximum Gasteiger partial charge on any atom is 0.274 e. The van der Waals surface area contributed by atoms with Crippen molar-refractivity contribution in [1.29, 1.82) is 0 Å². The molecule has 3 N–H and O–H groups in total. The summed E-state index contributed by atoms with van der Waals surface area (Å²) in [5.74, 6) is -0.725. The number of Topliss-reactive ketones (excluding diaryl/α,β-unsaturated/α-hetero) is 1. The van der Waals surface area contributed by atoms with Crippen LogP contribution in [0.15, 0.2) is 41.3 Å². The SMILES string of the molecule is COCNCCSC1=CC(=O)c2n[nH]c(C(=O)Nc3ccccc3)c2C1=O. The summed E-state index contributed by atoms with van der Waals surface area (Å²) in [7, 11) is 1.58. The third-order valence-corrected chi connectivity index (χ3v) is 4.78. The van der Waals surface area contributed by atoms with Gasteiger partial charge in [-0.05, 0) is 12.1 Å². The number of nitrogens with zero attached hydrogens (tertiary/aromatic N) is 1. The Balaban J connectivity index is 1.75. The quantitative estimate of drug-likeness (QED) is 0.469. The summed E-state index contributed by atoms with van der Waals surface area (Å²) >= 11 is 1.25. The summed E-state index contributed by atoms with van der Waals surface area (Å²) < 4.78 is 4.89. The van der Waals surface area contributed by atoms with Crippen molar-refractivity contribution in [3.8, 4) is 0 Å². The van der Waals surface area contributed by atoms with Crippen LogP contribution in [0.4, 0.5) is 5.69 Å². The van der Waals surface area contributed by atoms with Gasteiger partial charge in [-0.2, -0.15) is 5.10 Å². The average Bonchev–Trinajstić information content (AvgIpc) is 3.12. The predicted molar refractivity (Wildman–Crippen MR) is 102 cm³/mol. The number of ketones is 2. The highest BCUT2D eigenvalue weighted by Gasteiger charge is 2.33. The molecule has 1 aromatic heterocycles. The van der Waals surface area contributed by atoms with Gasteiger partial charge in [-0.25, -0.2) is 0 Å². The van der Waals surface area contributed by atoms with Gasteiger partial charge in [0.05, 0.1) is 17.2 Å². The van der Waals surface area contributed by atoms with E-state index in [1.165, 1.54) is 17.8 Å². The van der Waals surface area contributed by atoms with Gasteiger partial charge >= 0.3 is 0 Å². The highest BCUT2D eigenvalue weighted by atomic mass is 32.2.